The Morgan fingerprint density at radius 3 is 2.78 bits per heavy atom. The number of carboxylic acid groups (broad SMARTS) is 1. The smallest absolute Gasteiger partial charge is 0.328 e. The molecule has 4 heteroatoms. The number of nitrogens with zero attached hydrogens (tertiary/aromatic N) is 2. The van der Waals surface area contributed by atoms with E-state index in [4.69, 9.17) is 5.11 Å². The summed E-state index contributed by atoms with van der Waals surface area (Å²) in [7, 11) is 3.93. The number of aliphatic carboxylic acids is 1. The topological polar surface area (TPSA) is 53.4 Å². The second kappa shape index (κ2) is 4.87. The summed E-state index contributed by atoms with van der Waals surface area (Å²) in [6.45, 7) is 0. The third-order valence-corrected chi connectivity index (χ3v) is 2.68. The number of carbonyl (C=O) groups is 1. The Bertz CT molecular complexity index is 618. The first-order chi connectivity index (χ1) is 8.58. The summed E-state index contributed by atoms with van der Waals surface area (Å²) in [6.07, 6.45) is 4.30. The van der Waals surface area contributed by atoms with Gasteiger partial charge in [0, 0.05) is 37.4 Å². The van der Waals surface area contributed by atoms with Gasteiger partial charge in [-0.2, -0.15) is 0 Å². The maximum Gasteiger partial charge on any atom is 0.328 e. The minimum Gasteiger partial charge on any atom is -0.478 e. The molecular formula is C14H14N2O2. The molecule has 0 aliphatic heterocycles. The average molecular weight is 242 g/mol. The summed E-state index contributed by atoms with van der Waals surface area (Å²) < 4.78 is 0. The fraction of sp³-hybridized carbons (Fsp3) is 0.143. The van der Waals surface area contributed by atoms with E-state index in [1.165, 1.54) is 6.08 Å². The minimum atomic E-state index is -0.974. The highest BCUT2D eigenvalue weighted by atomic mass is 16.4. The Kier molecular flexibility index (Phi) is 3.28. The van der Waals surface area contributed by atoms with Crippen molar-refractivity contribution >= 4 is 28.5 Å². The monoisotopic (exact) mass is 242 g/mol. The van der Waals surface area contributed by atoms with E-state index < -0.39 is 5.97 Å². The molecule has 2 aromatic rings. The van der Waals surface area contributed by atoms with Crippen LogP contribution in [0.1, 0.15) is 5.69 Å². The van der Waals surface area contributed by atoms with Crippen LogP contribution in [0.15, 0.2) is 36.5 Å². The molecule has 0 bridgehead atoms. The lowest BCUT2D eigenvalue weighted by molar-refractivity contribution is -0.131. The molecule has 0 fully saturated rings. The number of aromatic nitrogens is 1. The third-order valence-electron chi connectivity index (χ3n) is 2.68. The Labute approximate surface area is 105 Å². The molecule has 0 aliphatic rings. The zero-order valence-electron chi connectivity index (χ0n) is 10.3. The predicted molar refractivity (Wildman–Crippen MR) is 72.7 cm³/mol. The SMILES string of the molecule is CN(C)c1ccc2ccnc(/C=C/C(=O)O)c2c1. The zero-order valence-corrected chi connectivity index (χ0v) is 10.3. The summed E-state index contributed by atoms with van der Waals surface area (Å²) in [4.78, 5) is 16.8. The first-order valence-electron chi connectivity index (χ1n) is 5.55. The first-order valence-corrected chi connectivity index (χ1v) is 5.55. The van der Waals surface area contributed by atoms with Gasteiger partial charge in [0.15, 0.2) is 0 Å². The van der Waals surface area contributed by atoms with Crippen LogP contribution in [0.3, 0.4) is 0 Å². The molecule has 0 spiro atoms. The van der Waals surface area contributed by atoms with Crippen LogP contribution < -0.4 is 4.90 Å². The number of hydrogen-bond acceptors (Lipinski definition) is 3. The Hall–Kier alpha value is -2.36. The maximum atomic E-state index is 10.6. The second-order valence-corrected chi connectivity index (χ2v) is 4.17. The molecular weight excluding hydrogens is 228 g/mol. The number of hydrogen-bond donors (Lipinski definition) is 1. The lowest BCUT2D eigenvalue weighted by atomic mass is 10.1. The van der Waals surface area contributed by atoms with Crippen molar-refractivity contribution in [2.24, 2.45) is 0 Å². The lowest BCUT2D eigenvalue weighted by Gasteiger charge is -2.13. The Morgan fingerprint density at radius 1 is 1.33 bits per heavy atom. The molecule has 0 atom stereocenters. The van der Waals surface area contributed by atoms with Crippen molar-refractivity contribution < 1.29 is 9.90 Å². The van der Waals surface area contributed by atoms with Crippen LogP contribution in [-0.4, -0.2) is 30.2 Å². The molecule has 1 aromatic carbocycles. The van der Waals surface area contributed by atoms with E-state index in [2.05, 4.69) is 4.98 Å². The first kappa shape index (κ1) is 12.1. The molecule has 92 valence electrons. The van der Waals surface area contributed by atoms with Gasteiger partial charge >= 0.3 is 5.97 Å². The van der Waals surface area contributed by atoms with Crippen molar-refractivity contribution in [2.75, 3.05) is 19.0 Å². The van der Waals surface area contributed by atoms with Gasteiger partial charge in [-0.25, -0.2) is 4.79 Å². The minimum absolute atomic E-state index is 0.665. The molecule has 0 saturated carbocycles. The largest absolute Gasteiger partial charge is 0.478 e. The van der Waals surface area contributed by atoms with Gasteiger partial charge in [-0.15, -0.1) is 0 Å². The highest BCUT2D eigenvalue weighted by Crippen LogP contribution is 2.23. The van der Waals surface area contributed by atoms with Crippen molar-refractivity contribution in [3.8, 4) is 0 Å². The molecule has 0 aliphatic carbocycles. The second-order valence-electron chi connectivity index (χ2n) is 4.17. The normalized spacial score (nSPS) is 11.0. The van der Waals surface area contributed by atoms with E-state index in [-0.39, 0.29) is 0 Å². The summed E-state index contributed by atoms with van der Waals surface area (Å²) >= 11 is 0. The average Bonchev–Trinajstić information content (AvgIpc) is 2.35. The summed E-state index contributed by atoms with van der Waals surface area (Å²) in [5.41, 5.74) is 1.72. The van der Waals surface area contributed by atoms with Crippen LogP contribution in [0, 0.1) is 0 Å². The summed E-state index contributed by atoms with van der Waals surface area (Å²) in [6, 6.07) is 7.94. The van der Waals surface area contributed by atoms with Gasteiger partial charge in [-0.05, 0) is 29.7 Å². The molecule has 2 rings (SSSR count). The molecule has 0 amide bonds. The van der Waals surface area contributed by atoms with Crippen LogP contribution in [0.25, 0.3) is 16.8 Å². The number of fused-ring (bicyclic) bond motifs is 1. The van der Waals surface area contributed by atoms with Gasteiger partial charge in [0.1, 0.15) is 0 Å². The van der Waals surface area contributed by atoms with Crippen molar-refractivity contribution in [2.45, 2.75) is 0 Å². The summed E-state index contributed by atoms with van der Waals surface area (Å²) in [5, 5.41) is 10.7. The van der Waals surface area contributed by atoms with Crippen molar-refractivity contribution in [3.05, 3.63) is 42.2 Å². The molecule has 4 nitrogen and oxygen atoms in total. The van der Waals surface area contributed by atoms with E-state index in [1.807, 2.05) is 43.3 Å². The van der Waals surface area contributed by atoms with E-state index in [0.29, 0.717) is 5.69 Å². The fourth-order valence-corrected chi connectivity index (χ4v) is 1.74. The summed E-state index contributed by atoms with van der Waals surface area (Å²) in [5.74, 6) is -0.974. The number of carboxylic acids is 1. The van der Waals surface area contributed by atoms with Crippen LogP contribution in [0.5, 0.6) is 0 Å². The number of rotatable bonds is 3. The van der Waals surface area contributed by atoms with Crippen LogP contribution in [0.2, 0.25) is 0 Å². The van der Waals surface area contributed by atoms with Gasteiger partial charge < -0.3 is 10.0 Å². The van der Waals surface area contributed by atoms with Crippen LogP contribution in [0.4, 0.5) is 5.69 Å². The van der Waals surface area contributed by atoms with Gasteiger partial charge in [-0.3, -0.25) is 4.98 Å². The Morgan fingerprint density at radius 2 is 2.11 bits per heavy atom. The predicted octanol–water partition coefficient (Wildman–Crippen LogP) is 2.40. The maximum absolute atomic E-state index is 10.6. The molecule has 18 heavy (non-hydrogen) atoms. The van der Waals surface area contributed by atoms with Crippen LogP contribution >= 0.6 is 0 Å². The number of benzene rings is 1. The van der Waals surface area contributed by atoms with Gasteiger partial charge in [0.2, 0.25) is 0 Å². The zero-order chi connectivity index (χ0) is 13.1. The van der Waals surface area contributed by atoms with Crippen molar-refractivity contribution in [3.63, 3.8) is 0 Å². The Balaban J connectivity index is 2.58. The van der Waals surface area contributed by atoms with Gasteiger partial charge in [0.25, 0.3) is 0 Å². The molecule has 1 heterocycles. The van der Waals surface area contributed by atoms with E-state index in [0.717, 1.165) is 22.5 Å². The standard InChI is InChI=1S/C14H14N2O2/c1-16(2)11-4-3-10-7-8-15-13(12(10)9-11)5-6-14(17)18/h3-9H,1-2H3,(H,17,18)/b6-5+. The quantitative estimate of drug-likeness (QED) is 0.840. The number of pyridine rings is 1. The van der Waals surface area contributed by atoms with Crippen molar-refractivity contribution in [1.29, 1.82) is 0 Å². The molecule has 0 unspecified atom stereocenters. The highest BCUT2D eigenvalue weighted by molar-refractivity contribution is 5.94. The van der Waals surface area contributed by atoms with E-state index in [1.54, 1.807) is 6.20 Å². The van der Waals surface area contributed by atoms with E-state index in [9.17, 15) is 4.79 Å². The molecule has 0 saturated heterocycles. The molecule has 1 aromatic heterocycles. The highest BCUT2D eigenvalue weighted by Gasteiger charge is 2.03. The number of anilines is 1. The fourth-order valence-electron chi connectivity index (χ4n) is 1.74. The van der Waals surface area contributed by atoms with Crippen molar-refractivity contribution in [1.82, 2.24) is 4.98 Å². The van der Waals surface area contributed by atoms with Gasteiger partial charge in [0.05, 0.1) is 5.69 Å². The third kappa shape index (κ3) is 2.48. The lowest BCUT2D eigenvalue weighted by Crippen LogP contribution is -2.08. The molecule has 1 N–H and O–H groups in total. The van der Waals surface area contributed by atoms with Gasteiger partial charge in [-0.1, -0.05) is 6.07 Å². The van der Waals surface area contributed by atoms with Crippen LogP contribution in [-0.2, 0) is 4.79 Å². The molecule has 0 radical (unpaired) electrons. The van der Waals surface area contributed by atoms with E-state index >= 15 is 0 Å².